The van der Waals surface area contributed by atoms with Crippen LogP contribution >= 0.6 is 0 Å². The molecule has 0 aromatic rings. The van der Waals surface area contributed by atoms with Crippen molar-refractivity contribution in [2.24, 2.45) is 0 Å². The molecule has 0 aliphatic carbocycles. The number of esters is 4. The van der Waals surface area contributed by atoms with Gasteiger partial charge in [0.15, 0.2) is 12.2 Å². The number of hydrogen-bond donors (Lipinski definition) is 0. The molecule has 5 atom stereocenters. The molecule has 0 saturated carbocycles. The largest absolute Gasteiger partial charge is 0.456 e. The molecule has 0 amide bonds. The predicted octanol–water partition coefficient (Wildman–Crippen LogP) is 0.272. The van der Waals surface area contributed by atoms with Gasteiger partial charge in [-0.3, -0.25) is 19.2 Å². The Labute approximate surface area is 156 Å². The van der Waals surface area contributed by atoms with Gasteiger partial charge in [-0.15, -0.1) is 6.58 Å². The summed E-state index contributed by atoms with van der Waals surface area (Å²) in [5.74, 6) is -2.85. The Balaban J connectivity index is 3.24. The minimum atomic E-state index is -1.39. The van der Waals surface area contributed by atoms with Gasteiger partial charge in [-0.2, -0.15) is 0 Å². The second kappa shape index (κ2) is 10.6. The maximum absolute atomic E-state index is 11.6. The predicted molar refractivity (Wildman–Crippen MR) is 88.1 cm³/mol. The van der Waals surface area contributed by atoms with Crippen molar-refractivity contribution >= 4 is 23.9 Å². The van der Waals surface area contributed by atoms with Crippen LogP contribution in [-0.2, 0) is 47.6 Å². The van der Waals surface area contributed by atoms with Crippen LogP contribution < -0.4 is 0 Å². The van der Waals surface area contributed by atoms with E-state index in [1.54, 1.807) is 0 Å². The molecule has 10 nitrogen and oxygen atoms in total. The summed E-state index contributed by atoms with van der Waals surface area (Å²) in [5, 5.41) is 0. The highest BCUT2D eigenvalue weighted by atomic mass is 16.7. The Morgan fingerprint density at radius 3 is 1.78 bits per heavy atom. The van der Waals surface area contributed by atoms with Gasteiger partial charge < -0.3 is 28.4 Å². The monoisotopic (exact) mass is 388 g/mol. The van der Waals surface area contributed by atoms with E-state index in [9.17, 15) is 19.2 Å². The quantitative estimate of drug-likeness (QED) is 0.248. The van der Waals surface area contributed by atoms with Gasteiger partial charge >= 0.3 is 23.9 Å². The molecule has 1 rings (SSSR count). The van der Waals surface area contributed by atoms with Gasteiger partial charge in [-0.25, -0.2) is 0 Å². The Bertz CT molecular complexity index is 572. The Morgan fingerprint density at radius 2 is 1.30 bits per heavy atom. The molecule has 0 N–H and O–H groups in total. The fourth-order valence-electron chi connectivity index (χ4n) is 2.52. The molecule has 27 heavy (non-hydrogen) atoms. The lowest BCUT2D eigenvalue weighted by Gasteiger charge is -2.43. The number of hydrogen-bond acceptors (Lipinski definition) is 10. The van der Waals surface area contributed by atoms with Crippen LogP contribution in [0.25, 0.3) is 0 Å². The van der Waals surface area contributed by atoms with E-state index in [0.29, 0.717) is 0 Å². The number of carbonyl (C=O) groups excluding carboxylic acids is 4. The van der Waals surface area contributed by atoms with Crippen LogP contribution in [-0.4, -0.2) is 67.8 Å². The smallest absolute Gasteiger partial charge is 0.305 e. The van der Waals surface area contributed by atoms with Crippen molar-refractivity contribution in [1.82, 2.24) is 0 Å². The molecule has 0 aromatic heterocycles. The molecule has 0 unspecified atom stereocenters. The fraction of sp³-hybridized carbons (Fsp3) is 0.647. The van der Waals surface area contributed by atoms with Crippen molar-refractivity contribution in [3.8, 4) is 0 Å². The zero-order chi connectivity index (χ0) is 20.6. The summed E-state index contributed by atoms with van der Waals surface area (Å²) in [6.07, 6.45) is -4.62. The molecule has 1 fully saturated rings. The highest BCUT2D eigenvalue weighted by molar-refractivity contribution is 5.69. The standard InChI is InChI=1S/C17H24O10/c1-6-7-22-8-13-14(23-9(2)18)15(24-10(3)19)16(25-11(4)20)17(27-13)26-12(5)21/h6,13-17H,1,7-8H2,2-5H3/t13-,14-,15+,16-,17-/m1/s1. The Morgan fingerprint density at radius 1 is 0.815 bits per heavy atom. The van der Waals surface area contributed by atoms with Crippen LogP contribution in [0.4, 0.5) is 0 Å². The number of rotatable bonds is 8. The topological polar surface area (TPSA) is 124 Å². The SMILES string of the molecule is C=CCOC[C@H]1O[C@@H](OC(C)=O)[C@H](OC(C)=O)[C@@H](OC(C)=O)[C@@H]1OC(C)=O. The Hall–Kier alpha value is -2.46. The first-order valence-electron chi connectivity index (χ1n) is 8.18. The van der Waals surface area contributed by atoms with Crippen molar-refractivity contribution in [2.45, 2.75) is 58.4 Å². The lowest BCUT2D eigenvalue weighted by atomic mass is 9.98. The highest BCUT2D eigenvalue weighted by Gasteiger charge is 2.53. The van der Waals surface area contributed by atoms with E-state index in [-0.39, 0.29) is 13.2 Å². The average Bonchev–Trinajstić information content (AvgIpc) is 2.52. The molecule has 1 aliphatic rings. The van der Waals surface area contributed by atoms with Crippen LogP contribution in [0, 0.1) is 0 Å². The Kier molecular flexibility index (Phi) is 8.89. The molecule has 10 heteroatoms. The van der Waals surface area contributed by atoms with Crippen LogP contribution in [0.3, 0.4) is 0 Å². The molecular formula is C17H24O10. The molecule has 0 spiro atoms. The summed E-state index contributed by atoms with van der Waals surface area (Å²) < 4.78 is 31.6. The van der Waals surface area contributed by atoms with E-state index < -0.39 is 54.6 Å². The summed E-state index contributed by atoms with van der Waals surface area (Å²) in [6, 6.07) is 0. The molecule has 1 saturated heterocycles. The van der Waals surface area contributed by atoms with Gasteiger partial charge in [0.2, 0.25) is 12.4 Å². The van der Waals surface area contributed by atoms with Crippen LogP contribution in [0.1, 0.15) is 27.7 Å². The van der Waals surface area contributed by atoms with Crippen LogP contribution in [0.15, 0.2) is 12.7 Å². The van der Waals surface area contributed by atoms with E-state index in [1.807, 2.05) is 0 Å². The molecule has 0 radical (unpaired) electrons. The van der Waals surface area contributed by atoms with E-state index in [0.717, 1.165) is 27.7 Å². The van der Waals surface area contributed by atoms with Crippen LogP contribution in [0.2, 0.25) is 0 Å². The maximum atomic E-state index is 11.6. The van der Waals surface area contributed by atoms with E-state index in [2.05, 4.69) is 6.58 Å². The molecular weight excluding hydrogens is 364 g/mol. The molecule has 152 valence electrons. The maximum Gasteiger partial charge on any atom is 0.305 e. The lowest BCUT2D eigenvalue weighted by molar-refractivity contribution is -0.300. The third-order valence-electron chi connectivity index (χ3n) is 3.30. The highest BCUT2D eigenvalue weighted by Crippen LogP contribution is 2.29. The summed E-state index contributed by atoms with van der Waals surface area (Å²) in [5.41, 5.74) is 0. The lowest BCUT2D eigenvalue weighted by Crippen LogP contribution is -2.63. The van der Waals surface area contributed by atoms with E-state index in [4.69, 9.17) is 28.4 Å². The first-order valence-corrected chi connectivity index (χ1v) is 8.18. The summed E-state index contributed by atoms with van der Waals surface area (Å²) in [7, 11) is 0. The second-order valence-electron chi connectivity index (χ2n) is 5.70. The van der Waals surface area contributed by atoms with E-state index >= 15 is 0 Å². The van der Waals surface area contributed by atoms with Crippen molar-refractivity contribution in [3.63, 3.8) is 0 Å². The third-order valence-corrected chi connectivity index (χ3v) is 3.30. The van der Waals surface area contributed by atoms with Crippen molar-refractivity contribution < 1.29 is 47.6 Å². The zero-order valence-electron chi connectivity index (χ0n) is 15.7. The van der Waals surface area contributed by atoms with Gasteiger partial charge in [0.05, 0.1) is 13.2 Å². The second-order valence-corrected chi connectivity index (χ2v) is 5.70. The molecule has 0 bridgehead atoms. The number of carbonyl (C=O) groups is 4. The average molecular weight is 388 g/mol. The van der Waals surface area contributed by atoms with Gasteiger partial charge in [0.1, 0.15) is 6.10 Å². The fourth-order valence-corrected chi connectivity index (χ4v) is 2.52. The van der Waals surface area contributed by atoms with Gasteiger partial charge in [-0.1, -0.05) is 6.08 Å². The summed E-state index contributed by atoms with van der Waals surface area (Å²) in [6.45, 7) is 8.15. The minimum Gasteiger partial charge on any atom is -0.456 e. The van der Waals surface area contributed by atoms with Gasteiger partial charge in [-0.05, 0) is 0 Å². The normalized spacial score (nSPS) is 27.2. The molecule has 0 aromatic carbocycles. The summed E-state index contributed by atoms with van der Waals surface area (Å²) >= 11 is 0. The van der Waals surface area contributed by atoms with Gasteiger partial charge in [0.25, 0.3) is 0 Å². The zero-order valence-corrected chi connectivity index (χ0v) is 15.7. The summed E-state index contributed by atoms with van der Waals surface area (Å²) in [4.78, 5) is 46.0. The minimum absolute atomic E-state index is 0.0910. The molecule has 1 heterocycles. The van der Waals surface area contributed by atoms with Crippen molar-refractivity contribution in [3.05, 3.63) is 12.7 Å². The number of ether oxygens (including phenoxy) is 6. The molecule has 1 aliphatic heterocycles. The van der Waals surface area contributed by atoms with Crippen LogP contribution in [0.5, 0.6) is 0 Å². The van der Waals surface area contributed by atoms with Crippen molar-refractivity contribution in [1.29, 1.82) is 0 Å². The first kappa shape index (κ1) is 22.6. The first-order chi connectivity index (χ1) is 12.6. The van der Waals surface area contributed by atoms with Crippen molar-refractivity contribution in [2.75, 3.05) is 13.2 Å². The van der Waals surface area contributed by atoms with E-state index in [1.165, 1.54) is 6.08 Å². The third kappa shape index (κ3) is 7.35. The van der Waals surface area contributed by atoms with Gasteiger partial charge in [0, 0.05) is 27.7 Å².